The summed E-state index contributed by atoms with van der Waals surface area (Å²) in [6.45, 7) is 7.66. The van der Waals surface area contributed by atoms with Crippen molar-refractivity contribution in [2.24, 2.45) is 0 Å². The molecule has 1 fully saturated rings. The topological polar surface area (TPSA) is 60.9 Å². The van der Waals surface area contributed by atoms with Crippen LogP contribution in [-0.4, -0.2) is 58.5 Å². The van der Waals surface area contributed by atoms with Crippen LogP contribution >= 0.6 is 0 Å². The van der Waals surface area contributed by atoms with Crippen LogP contribution in [0.25, 0.3) is 0 Å². The average molecular weight is 228 g/mol. The molecule has 0 aromatic carbocycles. The first-order chi connectivity index (χ1) is 7.35. The predicted molar refractivity (Wildman–Crippen MR) is 60.2 cm³/mol. The number of hydrogen-bond acceptors (Lipinski definition) is 3. The number of carboxylic acid groups (broad SMARTS) is 1. The van der Waals surface area contributed by atoms with E-state index in [0.717, 1.165) is 19.5 Å². The highest BCUT2D eigenvalue weighted by Gasteiger charge is 2.35. The number of nitrogens with zero attached hydrogens (tertiary/aromatic N) is 2. The highest BCUT2D eigenvalue weighted by molar-refractivity contribution is 5.77. The minimum Gasteiger partial charge on any atom is -0.480 e. The van der Waals surface area contributed by atoms with Crippen LogP contribution < -0.4 is 0 Å². The van der Waals surface area contributed by atoms with Crippen molar-refractivity contribution in [3.63, 3.8) is 0 Å². The van der Waals surface area contributed by atoms with Crippen LogP contribution in [0.5, 0.6) is 0 Å². The smallest absolute Gasteiger partial charge is 0.323 e. The zero-order valence-corrected chi connectivity index (χ0v) is 10.2. The maximum Gasteiger partial charge on any atom is 0.323 e. The molecule has 1 heterocycles. The summed E-state index contributed by atoms with van der Waals surface area (Å²) in [7, 11) is 0. The molecule has 5 nitrogen and oxygen atoms in total. The first kappa shape index (κ1) is 13.0. The van der Waals surface area contributed by atoms with E-state index in [1.807, 2.05) is 4.90 Å². The minimum atomic E-state index is -0.854. The molecular formula is C11H20N2O3. The lowest BCUT2D eigenvalue weighted by Gasteiger charge is -2.33. The fourth-order valence-corrected chi connectivity index (χ4v) is 1.93. The van der Waals surface area contributed by atoms with Crippen LogP contribution in [0.15, 0.2) is 0 Å². The van der Waals surface area contributed by atoms with E-state index in [2.05, 4.69) is 0 Å². The lowest BCUT2D eigenvalue weighted by Crippen LogP contribution is -2.51. The van der Waals surface area contributed by atoms with Gasteiger partial charge in [0, 0.05) is 33.1 Å². The maximum absolute atomic E-state index is 11.2. The second-order valence-corrected chi connectivity index (χ2v) is 4.71. The molecule has 16 heavy (non-hydrogen) atoms. The molecule has 0 spiro atoms. The van der Waals surface area contributed by atoms with E-state index in [4.69, 9.17) is 5.11 Å². The molecule has 1 aliphatic heterocycles. The van der Waals surface area contributed by atoms with Gasteiger partial charge in [-0.05, 0) is 20.3 Å². The monoisotopic (exact) mass is 228 g/mol. The molecule has 5 heteroatoms. The molecule has 0 aromatic rings. The van der Waals surface area contributed by atoms with E-state index < -0.39 is 11.5 Å². The van der Waals surface area contributed by atoms with Gasteiger partial charge in [0.2, 0.25) is 5.91 Å². The first-order valence-electron chi connectivity index (χ1n) is 5.59. The highest BCUT2D eigenvalue weighted by Crippen LogP contribution is 2.17. The SMILES string of the molecule is CC(=O)N1CCCN(C(C)(C)C(=O)O)CC1. The summed E-state index contributed by atoms with van der Waals surface area (Å²) in [5.74, 6) is -0.751. The quantitative estimate of drug-likeness (QED) is 0.743. The molecule has 0 atom stereocenters. The number of carbonyl (C=O) groups excluding carboxylic acids is 1. The third-order valence-electron chi connectivity index (χ3n) is 3.26. The van der Waals surface area contributed by atoms with Gasteiger partial charge < -0.3 is 10.0 Å². The second kappa shape index (κ2) is 4.82. The fourth-order valence-electron chi connectivity index (χ4n) is 1.93. The third-order valence-corrected chi connectivity index (χ3v) is 3.26. The Morgan fingerprint density at radius 3 is 2.25 bits per heavy atom. The summed E-state index contributed by atoms with van der Waals surface area (Å²) in [6.07, 6.45) is 0.830. The Morgan fingerprint density at radius 2 is 1.75 bits per heavy atom. The van der Waals surface area contributed by atoms with Gasteiger partial charge in [-0.1, -0.05) is 0 Å². The molecule has 1 rings (SSSR count). The number of aliphatic carboxylic acids is 1. The summed E-state index contributed by atoms with van der Waals surface area (Å²) >= 11 is 0. The number of carboxylic acids is 1. The summed E-state index contributed by atoms with van der Waals surface area (Å²) in [4.78, 5) is 26.1. The van der Waals surface area contributed by atoms with Gasteiger partial charge in [-0.15, -0.1) is 0 Å². The molecule has 0 aliphatic carbocycles. The Morgan fingerprint density at radius 1 is 1.12 bits per heavy atom. The van der Waals surface area contributed by atoms with E-state index in [0.29, 0.717) is 13.1 Å². The largest absolute Gasteiger partial charge is 0.480 e. The van der Waals surface area contributed by atoms with Gasteiger partial charge in [0.25, 0.3) is 0 Å². The third kappa shape index (κ3) is 2.72. The van der Waals surface area contributed by atoms with Gasteiger partial charge in [-0.2, -0.15) is 0 Å². The average Bonchev–Trinajstić information content (AvgIpc) is 2.42. The Kier molecular flexibility index (Phi) is 3.91. The zero-order chi connectivity index (χ0) is 12.3. The number of hydrogen-bond donors (Lipinski definition) is 1. The molecule has 0 unspecified atom stereocenters. The summed E-state index contributed by atoms with van der Waals surface area (Å²) in [6, 6.07) is 0. The van der Waals surface area contributed by atoms with E-state index in [1.54, 1.807) is 25.7 Å². The van der Waals surface area contributed by atoms with Crippen LogP contribution in [0, 0.1) is 0 Å². The van der Waals surface area contributed by atoms with E-state index in [9.17, 15) is 9.59 Å². The van der Waals surface area contributed by atoms with Crippen LogP contribution in [0.3, 0.4) is 0 Å². The van der Waals surface area contributed by atoms with E-state index >= 15 is 0 Å². The van der Waals surface area contributed by atoms with Crippen LogP contribution in [0.4, 0.5) is 0 Å². The Labute approximate surface area is 96.0 Å². The molecule has 92 valence electrons. The molecule has 0 bridgehead atoms. The summed E-state index contributed by atoms with van der Waals surface area (Å²) in [5.41, 5.74) is -0.854. The maximum atomic E-state index is 11.2. The van der Waals surface area contributed by atoms with E-state index in [1.165, 1.54) is 0 Å². The van der Waals surface area contributed by atoms with Crippen LogP contribution in [0.1, 0.15) is 27.2 Å². The molecular weight excluding hydrogens is 208 g/mol. The number of amides is 1. The van der Waals surface area contributed by atoms with Crippen molar-refractivity contribution in [3.05, 3.63) is 0 Å². The molecule has 1 amide bonds. The van der Waals surface area contributed by atoms with Crippen molar-refractivity contribution >= 4 is 11.9 Å². The molecule has 0 radical (unpaired) electrons. The molecule has 0 aromatic heterocycles. The van der Waals surface area contributed by atoms with Crippen LogP contribution in [-0.2, 0) is 9.59 Å². The summed E-state index contributed by atoms with van der Waals surface area (Å²) < 4.78 is 0. The van der Waals surface area contributed by atoms with Gasteiger partial charge in [-0.25, -0.2) is 0 Å². The first-order valence-corrected chi connectivity index (χ1v) is 5.59. The standard InChI is InChI=1S/C11H20N2O3/c1-9(14)12-5-4-6-13(8-7-12)11(2,3)10(15)16/h4-8H2,1-3H3,(H,15,16). The Bertz CT molecular complexity index is 289. The predicted octanol–water partition coefficient (Wildman–Crippen LogP) is 0.404. The zero-order valence-electron chi connectivity index (χ0n) is 10.2. The van der Waals surface area contributed by atoms with Crippen molar-refractivity contribution in [1.82, 2.24) is 9.80 Å². The Hall–Kier alpha value is -1.10. The lowest BCUT2D eigenvalue weighted by atomic mass is 10.0. The van der Waals surface area contributed by atoms with Gasteiger partial charge in [0.15, 0.2) is 0 Å². The van der Waals surface area contributed by atoms with Crippen molar-refractivity contribution in [1.29, 1.82) is 0 Å². The minimum absolute atomic E-state index is 0.0648. The van der Waals surface area contributed by atoms with Crippen LogP contribution in [0.2, 0.25) is 0 Å². The van der Waals surface area contributed by atoms with Crippen molar-refractivity contribution in [2.45, 2.75) is 32.7 Å². The van der Waals surface area contributed by atoms with Gasteiger partial charge in [-0.3, -0.25) is 14.5 Å². The molecule has 1 N–H and O–H groups in total. The lowest BCUT2D eigenvalue weighted by molar-refractivity contribution is -0.149. The normalized spacial score (nSPS) is 19.3. The van der Waals surface area contributed by atoms with Crippen molar-refractivity contribution in [2.75, 3.05) is 26.2 Å². The fraction of sp³-hybridized carbons (Fsp3) is 0.818. The van der Waals surface area contributed by atoms with Gasteiger partial charge >= 0.3 is 5.97 Å². The van der Waals surface area contributed by atoms with Gasteiger partial charge in [0.1, 0.15) is 5.54 Å². The molecule has 1 aliphatic rings. The molecule has 0 saturated carbocycles. The van der Waals surface area contributed by atoms with E-state index in [-0.39, 0.29) is 5.91 Å². The number of rotatable bonds is 2. The highest BCUT2D eigenvalue weighted by atomic mass is 16.4. The Balaban J connectivity index is 2.66. The van der Waals surface area contributed by atoms with Crippen molar-refractivity contribution in [3.8, 4) is 0 Å². The number of carbonyl (C=O) groups is 2. The van der Waals surface area contributed by atoms with Gasteiger partial charge in [0.05, 0.1) is 0 Å². The van der Waals surface area contributed by atoms with Crippen molar-refractivity contribution < 1.29 is 14.7 Å². The molecule has 1 saturated heterocycles. The second-order valence-electron chi connectivity index (χ2n) is 4.71. The summed E-state index contributed by atoms with van der Waals surface area (Å²) in [5, 5.41) is 9.14.